The molecule has 0 aliphatic heterocycles. The Morgan fingerprint density at radius 1 is 1.06 bits per heavy atom. The van der Waals surface area contributed by atoms with Crippen LogP contribution in [0.3, 0.4) is 0 Å². The molecule has 2 rings (SSSR count). The summed E-state index contributed by atoms with van der Waals surface area (Å²) in [5.41, 5.74) is 1.62. The molecule has 0 atom stereocenters. The fourth-order valence-electron chi connectivity index (χ4n) is 1.87. The van der Waals surface area contributed by atoms with Gasteiger partial charge < -0.3 is 5.11 Å². The minimum atomic E-state index is -0.585. The Morgan fingerprint density at radius 2 is 1.71 bits per heavy atom. The van der Waals surface area contributed by atoms with Crippen molar-refractivity contribution in [3.63, 3.8) is 0 Å². The first-order valence-corrected chi connectivity index (χ1v) is 5.47. The maximum Gasteiger partial charge on any atom is 0.165 e. The Morgan fingerprint density at radius 3 is 2.29 bits per heavy atom. The van der Waals surface area contributed by atoms with E-state index in [2.05, 4.69) is 6.07 Å². The SMILES string of the molecule is CC(C)(c1cc[c]cc1)c1ccc(O)c(F)c1. The summed E-state index contributed by atoms with van der Waals surface area (Å²) in [6.45, 7) is 4.04. The van der Waals surface area contributed by atoms with E-state index in [4.69, 9.17) is 0 Å². The van der Waals surface area contributed by atoms with Gasteiger partial charge in [-0.2, -0.15) is 0 Å². The van der Waals surface area contributed by atoms with Gasteiger partial charge in [0.2, 0.25) is 0 Å². The van der Waals surface area contributed by atoms with Crippen LogP contribution in [0.1, 0.15) is 25.0 Å². The molecule has 2 heteroatoms. The molecule has 2 aromatic rings. The fourth-order valence-corrected chi connectivity index (χ4v) is 1.87. The number of phenols is 1. The van der Waals surface area contributed by atoms with Crippen LogP contribution < -0.4 is 0 Å². The van der Waals surface area contributed by atoms with Gasteiger partial charge in [0.05, 0.1) is 0 Å². The van der Waals surface area contributed by atoms with Crippen LogP contribution in [-0.2, 0) is 5.41 Å². The lowest BCUT2D eigenvalue weighted by Crippen LogP contribution is -2.18. The zero-order valence-electron chi connectivity index (χ0n) is 9.87. The van der Waals surface area contributed by atoms with Crippen LogP contribution in [0.4, 0.5) is 4.39 Å². The Labute approximate surface area is 101 Å². The van der Waals surface area contributed by atoms with E-state index >= 15 is 0 Å². The third kappa shape index (κ3) is 2.16. The number of hydrogen-bond donors (Lipinski definition) is 1. The molecule has 0 aliphatic carbocycles. The van der Waals surface area contributed by atoms with Crippen LogP contribution in [0.5, 0.6) is 5.75 Å². The van der Waals surface area contributed by atoms with E-state index < -0.39 is 5.82 Å². The van der Waals surface area contributed by atoms with Crippen molar-refractivity contribution in [2.24, 2.45) is 0 Å². The van der Waals surface area contributed by atoms with E-state index in [1.165, 1.54) is 12.1 Å². The normalized spacial score (nSPS) is 11.5. The van der Waals surface area contributed by atoms with Crippen LogP contribution in [0, 0.1) is 11.9 Å². The predicted octanol–water partition coefficient (Wildman–Crippen LogP) is 3.66. The lowest BCUT2D eigenvalue weighted by molar-refractivity contribution is 0.430. The third-order valence-electron chi connectivity index (χ3n) is 3.11. The Bertz CT molecular complexity index is 518. The first kappa shape index (κ1) is 11.6. The van der Waals surface area contributed by atoms with Gasteiger partial charge in [-0.05, 0) is 29.3 Å². The first-order valence-electron chi connectivity index (χ1n) is 5.47. The molecule has 1 nitrogen and oxygen atoms in total. The number of aromatic hydroxyl groups is 1. The van der Waals surface area contributed by atoms with Crippen LogP contribution in [0.15, 0.2) is 42.5 Å². The van der Waals surface area contributed by atoms with Crippen molar-refractivity contribution in [2.75, 3.05) is 0 Å². The Kier molecular flexibility index (Phi) is 2.88. The van der Waals surface area contributed by atoms with Gasteiger partial charge in [0.1, 0.15) is 0 Å². The molecule has 1 N–H and O–H groups in total. The van der Waals surface area contributed by atoms with E-state index in [1.807, 2.05) is 38.1 Å². The average molecular weight is 229 g/mol. The van der Waals surface area contributed by atoms with Crippen molar-refractivity contribution in [3.8, 4) is 5.75 Å². The minimum absolute atomic E-state index is 0.302. The largest absolute Gasteiger partial charge is 0.505 e. The van der Waals surface area contributed by atoms with Crippen molar-refractivity contribution < 1.29 is 9.50 Å². The van der Waals surface area contributed by atoms with Crippen LogP contribution in [0.2, 0.25) is 0 Å². The zero-order chi connectivity index (χ0) is 12.5. The zero-order valence-corrected chi connectivity index (χ0v) is 9.87. The van der Waals surface area contributed by atoms with E-state index in [0.29, 0.717) is 0 Å². The Balaban J connectivity index is 2.48. The molecule has 0 spiro atoms. The van der Waals surface area contributed by atoms with Crippen molar-refractivity contribution in [2.45, 2.75) is 19.3 Å². The van der Waals surface area contributed by atoms with Crippen LogP contribution >= 0.6 is 0 Å². The summed E-state index contributed by atoms with van der Waals surface area (Å²) in [4.78, 5) is 0. The smallest absolute Gasteiger partial charge is 0.165 e. The summed E-state index contributed by atoms with van der Waals surface area (Å²) in [5.74, 6) is -0.899. The highest BCUT2D eigenvalue weighted by atomic mass is 19.1. The first-order chi connectivity index (χ1) is 8.01. The van der Waals surface area contributed by atoms with Gasteiger partial charge in [-0.1, -0.05) is 44.2 Å². The number of hydrogen-bond acceptors (Lipinski definition) is 1. The molecular weight excluding hydrogens is 215 g/mol. The minimum Gasteiger partial charge on any atom is -0.505 e. The molecule has 0 aliphatic rings. The standard InChI is InChI=1S/C15H14FO/c1-15(2,11-6-4-3-5-7-11)12-8-9-14(17)13(16)10-12/h4-10,17H,1-2H3. The lowest BCUT2D eigenvalue weighted by atomic mass is 9.78. The van der Waals surface area contributed by atoms with E-state index in [9.17, 15) is 9.50 Å². The third-order valence-corrected chi connectivity index (χ3v) is 3.11. The predicted molar refractivity (Wildman–Crippen MR) is 65.5 cm³/mol. The van der Waals surface area contributed by atoms with E-state index in [-0.39, 0.29) is 11.2 Å². The summed E-state index contributed by atoms with van der Waals surface area (Å²) in [7, 11) is 0. The van der Waals surface area contributed by atoms with Crippen molar-refractivity contribution in [1.82, 2.24) is 0 Å². The number of phenolic OH excluding ortho intramolecular Hbond substituents is 1. The second-order valence-corrected chi connectivity index (χ2v) is 4.58. The van der Waals surface area contributed by atoms with Crippen LogP contribution in [-0.4, -0.2) is 5.11 Å². The summed E-state index contributed by atoms with van der Waals surface area (Å²) >= 11 is 0. The molecule has 1 radical (unpaired) electrons. The number of halogens is 1. The molecule has 0 unspecified atom stereocenters. The summed E-state index contributed by atoms with van der Waals surface area (Å²) in [5, 5.41) is 9.20. The maximum absolute atomic E-state index is 13.4. The van der Waals surface area contributed by atoms with Gasteiger partial charge in [-0.25, -0.2) is 4.39 Å². The quantitative estimate of drug-likeness (QED) is 0.833. The maximum atomic E-state index is 13.4. The highest BCUT2D eigenvalue weighted by molar-refractivity contribution is 5.40. The molecule has 0 amide bonds. The molecule has 0 aromatic heterocycles. The fraction of sp³-hybridized carbons (Fsp3) is 0.200. The highest BCUT2D eigenvalue weighted by Gasteiger charge is 2.23. The summed E-state index contributed by atoms with van der Waals surface area (Å²) in [6, 6.07) is 15.1. The molecule has 2 aromatic carbocycles. The molecule has 0 saturated heterocycles. The van der Waals surface area contributed by atoms with Gasteiger partial charge in [-0.3, -0.25) is 0 Å². The van der Waals surface area contributed by atoms with Gasteiger partial charge in [0, 0.05) is 5.41 Å². The molecule has 17 heavy (non-hydrogen) atoms. The molecule has 0 heterocycles. The molecule has 87 valence electrons. The van der Waals surface area contributed by atoms with Gasteiger partial charge in [-0.15, -0.1) is 0 Å². The second kappa shape index (κ2) is 4.21. The Hall–Kier alpha value is -1.83. The highest BCUT2D eigenvalue weighted by Crippen LogP contribution is 2.32. The average Bonchev–Trinajstić information content (AvgIpc) is 2.33. The van der Waals surface area contributed by atoms with Gasteiger partial charge in [0.15, 0.2) is 11.6 Å². The summed E-state index contributed by atoms with van der Waals surface area (Å²) < 4.78 is 13.4. The summed E-state index contributed by atoms with van der Waals surface area (Å²) in [6.07, 6.45) is 0. The lowest BCUT2D eigenvalue weighted by Gasteiger charge is -2.26. The number of rotatable bonds is 2. The number of benzene rings is 2. The van der Waals surface area contributed by atoms with E-state index in [0.717, 1.165) is 11.1 Å². The van der Waals surface area contributed by atoms with Crippen molar-refractivity contribution in [1.29, 1.82) is 0 Å². The second-order valence-electron chi connectivity index (χ2n) is 4.58. The van der Waals surface area contributed by atoms with Gasteiger partial charge >= 0.3 is 0 Å². The molecule has 0 bridgehead atoms. The molecule has 0 fully saturated rings. The monoisotopic (exact) mass is 229 g/mol. The molecule has 0 saturated carbocycles. The van der Waals surface area contributed by atoms with Gasteiger partial charge in [0.25, 0.3) is 0 Å². The van der Waals surface area contributed by atoms with Crippen molar-refractivity contribution in [3.05, 3.63) is 65.5 Å². The topological polar surface area (TPSA) is 20.2 Å². The molecular formula is C15H14FO. The van der Waals surface area contributed by atoms with Crippen molar-refractivity contribution >= 4 is 0 Å². The van der Waals surface area contributed by atoms with E-state index in [1.54, 1.807) is 6.07 Å². The van der Waals surface area contributed by atoms with Crippen LogP contribution in [0.25, 0.3) is 0 Å².